The van der Waals surface area contributed by atoms with Crippen LogP contribution >= 0.6 is 0 Å². The van der Waals surface area contributed by atoms with Crippen LogP contribution in [0.3, 0.4) is 0 Å². The summed E-state index contributed by atoms with van der Waals surface area (Å²) in [6, 6.07) is 14.0. The highest BCUT2D eigenvalue weighted by Gasteiger charge is 2.23. The van der Waals surface area contributed by atoms with Gasteiger partial charge >= 0.3 is 0 Å². The van der Waals surface area contributed by atoms with E-state index in [9.17, 15) is 5.11 Å². The summed E-state index contributed by atoms with van der Waals surface area (Å²) in [7, 11) is 2.06. The lowest BCUT2D eigenvalue weighted by molar-refractivity contribution is 0.0563. The molecule has 0 radical (unpaired) electrons. The highest BCUT2D eigenvalue weighted by atomic mass is 16.3. The fourth-order valence-electron chi connectivity index (χ4n) is 2.54. The Morgan fingerprint density at radius 1 is 1.10 bits per heavy atom. The maximum atomic E-state index is 10.6. The van der Waals surface area contributed by atoms with E-state index in [1.54, 1.807) is 12.4 Å². The van der Waals surface area contributed by atoms with Crippen LogP contribution in [0.2, 0.25) is 0 Å². The summed E-state index contributed by atoms with van der Waals surface area (Å²) in [6.45, 7) is 2.92. The lowest BCUT2D eigenvalue weighted by Gasteiger charge is -2.31. The van der Waals surface area contributed by atoms with Gasteiger partial charge in [-0.25, -0.2) is 0 Å². The van der Waals surface area contributed by atoms with Crippen LogP contribution in [0.4, 0.5) is 0 Å². The molecule has 2 unspecified atom stereocenters. The maximum absolute atomic E-state index is 10.6. The zero-order chi connectivity index (χ0) is 14.4. The standard InChI is InChI=1S/C17H22N2O/c1-3-16(17(20)15-7-5-4-6-8-15)19(2)13-14-9-11-18-12-10-14/h4-12,16-17,20H,3,13H2,1-2H3. The molecule has 0 amide bonds. The van der Waals surface area contributed by atoms with Gasteiger partial charge in [-0.15, -0.1) is 0 Å². The molecule has 0 fully saturated rings. The highest BCUT2D eigenvalue weighted by Crippen LogP contribution is 2.23. The lowest BCUT2D eigenvalue weighted by Crippen LogP contribution is -2.36. The summed E-state index contributed by atoms with van der Waals surface area (Å²) >= 11 is 0. The number of hydrogen-bond acceptors (Lipinski definition) is 3. The van der Waals surface area contributed by atoms with Crippen molar-refractivity contribution in [3.63, 3.8) is 0 Å². The number of benzene rings is 1. The number of likely N-dealkylation sites (N-methyl/N-ethyl adjacent to an activating group) is 1. The van der Waals surface area contributed by atoms with Gasteiger partial charge in [0, 0.05) is 25.0 Å². The van der Waals surface area contributed by atoms with E-state index in [0.717, 1.165) is 18.5 Å². The largest absolute Gasteiger partial charge is 0.387 e. The molecular formula is C17H22N2O. The number of aliphatic hydroxyl groups is 1. The molecule has 0 bridgehead atoms. The molecule has 0 aliphatic heterocycles. The van der Waals surface area contributed by atoms with Gasteiger partial charge in [0.2, 0.25) is 0 Å². The summed E-state index contributed by atoms with van der Waals surface area (Å²) in [5.74, 6) is 0. The third kappa shape index (κ3) is 3.65. The predicted octanol–water partition coefficient (Wildman–Crippen LogP) is 3.03. The monoisotopic (exact) mass is 270 g/mol. The van der Waals surface area contributed by atoms with Crippen LogP contribution in [0, 0.1) is 0 Å². The van der Waals surface area contributed by atoms with Crippen LogP contribution in [0.15, 0.2) is 54.9 Å². The van der Waals surface area contributed by atoms with Gasteiger partial charge in [-0.3, -0.25) is 9.88 Å². The second kappa shape index (κ2) is 7.17. The molecule has 0 aliphatic carbocycles. The Balaban J connectivity index is 2.07. The first-order chi connectivity index (χ1) is 9.72. The van der Waals surface area contributed by atoms with Gasteiger partial charge in [-0.05, 0) is 36.7 Å². The van der Waals surface area contributed by atoms with Crippen molar-refractivity contribution in [1.29, 1.82) is 0 Å². The van der Waals surface area contributed by atoms with E-state index in [4.69, 9.17) is 0 Å². The average Bonchev–Trinajstić information content (AvgIpc) is 2.49. The fourth-order valence-corrected chi connectivity index (χ4v) is 2.54. The van der Waals surface area contributed by atoms with E-state index in [2.05, 4.69) is 23.9 Å². The molecule has 0 saturated heterocycles. The first-order valence-electron chi connectivity index (χ1n) is 7.04. The van der Waals surface area contributed by atoms with Gasteiger partial charge in [0.25, 0.3) is 0 Å². The fraction of sp³-hybridized carbons (Fsp3) is 0.353. The lowest BCUT2D eigenvalue weighted by atomic mass is 9.99. The zero-order valence-corrected chi connectivity index (χ0v) is 12.1. The van der Waals surface area contributed by atoms with E-state index in [0.29, 0.717) is 0 Å². The van der Waals surface area contributed by atoms with Crippen molar-refractivity contribution in [2.45, 2.75) is 32.0 Å². The number of nitrogens with zero attached hydrogens (tertiary/aromatic N) is 2. The summed E-state index contributed by atoms with van der Waals surface area (Å²) in [6.07, 6.45) is 4.04. The van der Waals surface area contributed by atoms with Crippen molar-refractivity contribution in [2.75, 3.05) is 7.05 Å². The van der Waals surface area contributed by atoms with Crippen LogP contribution in [-0.4, -0.2) is 28.1 Å². The Labute approximate surface area is 120 Å². The number of hydrogen-bond donors (Lipinski definition) is 1. The van der Waals surface area contributed by atoms with Gasteiger partial charge < -0.3 is 5.11 Å². The number of aromatic nitrogens is 1. The molecule has 1 aromatic heterocycles. The highest BCUT2D eigenvalue weighted by molar-refractivity contribution is 5.19. The Hall–Kier alpha value is -1.71. The first kappa shape index (κ1) is 14.7. The summed E-state index contributed by atoms with van der Waals surface area (Å²) in [5, 5.41) is 10.6. The van der Waals surface area contributed by atoms with Crippen molar-refractivity contribution in [3.05, 3.63) is 66.0 Å². The molecule has 0 aliphatic rings. The predicted molar refractivity (Wildman–Crippen MR) is 81.2 cm³/mol. The molecule has 2 atom stereocenters. The molecule has 2 aromatic rings. The Morgan fingerprint density at radius 3 is 2.35 bits per heavy atom. The van der Waals surface area contributed by atoms with E-state index >= 15 is 0 Å². The molecule has 0 spiro atoms. The van der Waals surface area contributed by atoms with E-state index in [-0.39, 0.29) is 6.04 Å². The molecule has 1 heterocycles. The van der Waals surface area contributed by atoms with Crippen LogP contribution < -0.4 is 0 Å². The quantitative estimate of drug-likeness (QED) is 0.876. The summed E-state index contributed by atoms with van der Waals surface area (Å²) in [5.41, 5.74) is 2.18. The second-order valence-corrected chi connectivity index (χ2v) is 5.10. The normalized spacial score (nSPS) is 14.2. The van der Waals surface area contributed by atoms with Crippen molar-refractivity contribution in [1.82, 2.24) is 9.88 Å². The van der Waals surface area contributed by atoms with Gasteiger partial charge in [-0.1, -0.05) is 37.3 Å². The Bertz CT molecular complexity index is 501. The maximum Gasteiger partial charge on any atom is 0.0945 e. The van der Waals surface area contributed by atoms with Crippen molar-refractivity contribution in [3.8, 4) is 0 Å². The Kier molecular flexibility index (Phi) is 5.27. The van der Waals surface area contributed by atoms with Crippen LogP contribution in [0.1, 0.15) is 30.6 Å². The minimum absolute atomic E-state index is 0.102. The SMILES string of the molecule is CCC(C(O)c1ccccc1)N(C)Cc1ccncc1. The minimum atomic E-state index is -0.465. The number of pyridine rings is 1. The molecule has 3 heteroatoms. The van der Waals surface area contributed by atoms with Crippen LogP contribution in [0.25, 0.3) is 0 Å². The molecule has 0 saturated carbocycles. The molecule has 1 aromatic carbocycles. The Morgan fingerprint density at radius 2 is 1.75 bits per heavy atom. The number of rotatable bonds is 6. The summed E-state index contributed by atoms with van der Waals surface area (Å²) in [4.78, 5) is 6.23. The first-order valence-corrected chi connectivity index (χ1v) is 7.04. The topological polar surface area (TPSA) is 36.4 Å². The van der Waals surface area contributed by atoms with Gasteiger partial charge in [0.05, 0.1) is 6.10 Å². The van der Waals surface area contributed by atoms with E-state index in [1.807, 2.05) is 42.5 Å². The zero-order valence-electron chi connectivity index (χ0n) is 12.1. The van der Waals surface area contributed by atoms with Crippen LogP contribution in [-0.2, 0) is 6.54 Å². The van der Waals surface area contributed by atoms with Crippen molar-refractivity contribution in [2.24, 2.45) is 0 Å². The van der Waals surface area contributed by atoms with Crippen molar-refractivity contribution < 1.29 is 5.11 Å². The molecule has 3 nitrogen and oxygen atoms in total. The van der Waals surface area contributed by atoms with E-state index in [1.165, 1.54) is 5.56 Å². The molecule has 106 valence electrons. The van der Waals surface area contributed by atoms with Gasteiger partial charge in [0.1, 0.15) is 0 Å². The molecule has 20 heavy (non-hydrogen) atoms. The van der Waals surface area contributed by atoms with Crippen molar-refractivity contribution >= 4 is 0 Å². The third-order valence-corrected chi connectivity index (χ3v) is 3.67. The molecule has 2 rings (SSSR count). The van der Waals surface area contributed by atoms with E-state index < -0.39 is 6.10 Å². The summed E-state index contributed by atoms with van der Waals surface area (Å²) < 4.78 is 0. The molecular weight excluding hydrogens is 248 g/mol. The number of aliphatic hydroxyl groups excluding tert-OH is 1. The van der Waals surface area contributed by atoms with Crippen LogP contribution in [0.5, 0.6) is 0 Å². The van der Waals surface area contributed by atoms with Gasteiger partial charge in [0.15, 0.2) is 0 Å². The average molecular weight is 270 g/mol. The third-order valence-electron chi connectivity index (χ3n) is 3.67. The smallest absolute Gasteiger partial charge is 0.0945 e. The van der Waals surface area contributed by atoms with Gasteiger partial charge in [-0.2, -0.15) is 0 Å². The second-order valence-electron chi connectivity index (χ2n) is 5.10. The molecule has 1 N–H and O–H groups in total. The minimum Gasteiger partial charge on any atom is -0.387 e.